The van der Waals surface area contributed by atoms with E-state index in [1.54, 1.807) is 24.3 Å². The summed E-state index contributed by atoms with van der Waals surface area (Å²) in [4.78, 5) is 31.6. The Labute approximate surface area is 269 Å². The zero-order chi connectivity index (χ0) is 31.9. The number of aliphatic hydroxyl groups excluding tert-OH is 2. The highest BCUT2D eigenvalue weighted by molar-refractivity contribution is 6.41. The molecular weight excluding hydrogens is 572 g/mol. The van der Waals surface area contributed by atoms with Crippen molar-refractivity contribution in [3.63, 3.8) is 0 Å². The highest BCUT2D eigenvalue weighted by Gasteiger charge is 2.41. The number of Topliss-reactive ketones (excluding diaryl/α,β-unsaturated/α-hetero) is 2. The summed E-state index contributed by atoms with van der Waals surface area (Å²) in [6.07, 6.45) is 11.6. The maximum Gasteiger partial charge on any atom is 0.203 e. The van der Waals surface area contributed by atoms with E-state index in [0.717, 1.165) is 61.3 Å². The molecule has 2 aliphatic carbocycles. The van der Waals surface area contributed by atoms with Gasteiger partial charge in [-0.1, -0.05) is 93.4 Å². The van der Waals surface area contributed by atoms with Crippen LogP contribution in [-0.2, 0) is 9.59 Å². The van der Waals surface area contributed by atoms with Crippen molar-refractivity contribution in [3.05, 3.63) is 141 Å². The van der Waals surface area contributed by atoms with Gasteiger partial charge >= 0.3 is 0 Å². The molecule has 6 nitrogen and oxygen atoms in total. The first-order valence-electron chi connectivity index (χ1n) is 16.1. The third kappa shape index (κ3) is 4.64. The fraction of sp³-hybridized carbons (Fsp3) is 0.200. The number of ketones is 2. The lowest BCUT2D eigenvalue weighted by atomic mass is 9.78. The molecule has 2 heterocycles. The molecule has 2 aliphatic heterocycles. The van der Waals surface area contributed by atoms with Gasteiger partial charge in [0.1, 0.15) is 11.5 Å². The molecule has 3 aromatic carbocycles. The summed E-state index contributed by atoms with van der Waals surface area (Å²) in [6.45, 7) is 5.71. The summed E-state index contributed by atoms with van der Waals surface area (Å²) < 4.78 is 0. The van der Waals surface area contributed by atoms with Gasteiger partial charge in [0.15, 0.2) is 0 Å². The molecule has 0 radical (unpaired) electrons. The molecule has 6 heteroatoms. The lowest BCUT2D eigenvalue weighted by Gasteiger charge is -2.35. The first-order valence-corrected chi connectivity index (χ1v) is 16.1. The summed E-state index contributed by atoms with van der Waals surface area (Å²) in [6, 6.07) is 23.1. The molecule has 0 aromatic heterocycles. The van der Waals surface area contributed by atoms with Gasteiger partial charge in [0.05, 0.1) is 33.7 Å². The van der Waals surface area contributed by atoms with Crippen molar-refractivity contribution in [1.82, 2.24) is 0 Å². The Kier molecular flexibility index (Phi) is 7.57. The summed E-state index contributed by atoms with van der Waals surface area (Å²) in [7, 11) is 0. The number of para-hydroxylation sites is 2. The minimum absolute atomic E-state index is 0.0544. The summed E-state index contributed by atoms with van der Waals surface area (Å²) in [5.74, 6) is -0.593. The number of rotatable bonds is 8. The van der Waals surface area contributed by atoms with Crippen molar-refractivity contribution in [2.45, 2.75) is 39.5 Å². The van der Waals surface area contributed by atoms with Crippen LogP contribution in [-0.4, -0.2) is 34.9 Å². The van der Waals surface area contributed by atoms with Crippen LogP contribution in [0, 0.1) is 0 Å². The van der Waals surface area contributed by atoms with Crippen molar-refractivity contribution in [3.8, 4) is 0 Å². The molecule has 0 saturated carbocycles. The highest BCUT2D eigenvalue weighted by Crippen LogP contribution is 2.45. The molecule has 0 amide bonds. The van der Waals surface area contributed by atoms with Gasteiger partial charge in [-0.2, -0.15) is 0 Å². The number of unbranched alkanes of at least 4 members (excludes halogenated alkanes) is 2. The van der Waals surface area contributed by atoms with Crippen LogP contribution in [0.3, 0.4) is 0 Å². The molecule has 0 fully saturated rings. The number of aliphatic hydroxyl groups is 2. The quantitative estimate of drug-likeness (QED) is 0.250. The Morgan fingerprint density at radius 1 is 0.543 bits per heavy atom. The fourth-order valence-electron chi connectivity index (χ4n) is 6.72. The topological polar surface area (TPSA) is 81.1 Å². The van der Waals surface area contributed by atoms with E-state index >= 15 is 0 Å². The van der Waals surface area contributed by atoms with Crippen LogP contribution in [0.25, 0.3) is 23.3 Å². The molecule has 46 heavy (non-hydrogen) atoms. The first-order chi connectivity index (χ1) is 22.4. The monoisotopic (exact) mass is 608 g/mol. The Morgan fingerprint density at radius 3 is 1.39 bits per heavy atom. The molecule has 2 N–H and O–H groups in total. The van der Waals surface area contributed by atoms with E-state index in [4.69, 9.17) is 0 Å². The molecule has 0 bridgehead atoms. The Hall–Kier alpha value is -5.36. The van der Waals surface area contributed by atoms with E-state index in [1.165, 1.54) is 0 Å². The van der Waals surface area contributed by atoms with Gasteiger partial charge in [-0.15, -0.1) is 0 Å². The zero-order valence-corrected chi connectivity index (χ0v) is 26.1. The number of nitrogens with zero attached hydrogens (tertiary/aromatic N) is 2. The molecule has 0 spiro atoms. The van der Waals surface area contributed by atoms with Crippen molar-refractivity contribution in [2.24, 2.45) is 0 Å². The molecule has 0 saturated heterocycles. The number of allylic oxidation sites excluding steroid dienone is 6. The number of hydrogen-bond donors (Lipinski definition) is 2. The van der Waals surface area contributed by atoms with Gasteiger partial charge in [0.2, 0.25) is 11.6 Å². The highest BCUT2D eigenvalue weighted by atomic mass is 16.3. The maximum atomic E-state index is 13.7. The number of fused-ring (bicyclic) bond motifs is 2. The van der Waals surface area contributed by atoms with Gasteiger partial charge in [0.25, 0.3) is 0 Å². The Bertz CT molecular complexity index is 1850. The SMILES string of the molecule is CCCCN1C(=C2C(=O)C(c3cccc(C4=C(O)C(=C5C=Cc6ccccc6N5CCCC)C4=O)c3)=C2O)C=Cc2ccccc21. The van der Waals surface area contributed by atoms with Crippen molar-refractivity contribution >= 4 is 46.2 Å². The van der Waals surface area contributed by atoms with E-state index in [2.05, 4.69) is 23.6 Å². The van der Waals surface area contributed by atoms with Crippen LogP contribution in [0.2, 0.25) is 0 Å². The van der Waals surface area contributed by atoms with Crippen molar-refractivity contribution in [2.75, 3.05) is 22.9 Å². The third-order valence-corrected chi connectivity index (χ3v) is 9.16. The number of carbonyl (C=O) groups is 2. The number of anilines is 2. The van der Waals surface area contributed by atoms with E-state index in [1.807, 2.05) is 72.8 Å². The number of benzene rings is 3. The average molecular weight is 609 g/mol. The van der Waals surface area contributed by atoms with E-state index in [0.29, 0.717) is 33.7 Å². The minimum Gasteiger partial charge on any atom is -0.506 e. The van der Waals surface area contributed by atoms with E-state index in [-0.39, 0.29) is 34.2 Å². The molecule has 3 aromatic rings. The van der Waals surface area contributed by atoms with Crippen LogP contribution in [0.15, 0.2) is 119 Å². The second kappa shape index (κ2) is 11.9. The van der Waals surface area contributed by atoms with Gasteiger partial charge in [-0.3, -0.25) is 9.59 Å². The molecule has 0 unspecified atom stereocenters. The van der Waals surface area contributed by atoms with Crippen molar-refractivity contribution in [1.29, 1.82) is 0 Å². The van der Waals surface area contributed by atoms with Gasteiger partial charge in [-0.05, 0) is 65.4 Å². The van der Waals surface area contributed by atoms with Crippen LogP contribution >= 0.6 is 0 Å². The summed E-state index contributed by atoms with van der Waals surface area (Å²) in [5.41, 5.74) is 7.59. The van der Waals surface area contributed by atoms with Crippen LogP contribution in [0.4, 0.5) is 11.4 Å². The molecule has 0 atom stereocenters. The predicted octanol–water partition coefficient (Wildman–Crippen LogP) is 8.57. The van der Waals surface area contributed by atoms with Gasteiger partial charge < -0.3 is 20.0 Å². The van der Waals surface area contributed by atoms with Crippen LogP contribution < -0.4 is 9.80 Å². The Morgan fingerprint density at radius 2 is 0.978 bits per heavy atom. The second-order valence-electron chi connectivity index (χ2n) is 12.0. The van der Waals surface area contributed by atoms with E-state index in [9.17, 15) is 19.8 Å². The van der Waals surface area contributed by atoms with E-state index < -0.39 is 0 Å². The average Bonchev–Trinajstić information content (AvgIpc) is 3.07. The third-order valence-electron chi connectivity index (χ3n) is 9.16. The zero-order valence-electron chi connectivity index (χ0n) is 26.1. The predicted molar refractivity (Wildman–Crippen MR) is 185 cm³/mol. The standard InChI is InChI=1S/C40H36N2O4/c1-3-5-22-41-29-16-9-7-12-25(29)18-20-31(41)35-37(43)33(38(35)44)27-14-11-15-28(24-27)34-39(45)36(40(34)46)32-21-19-26-13-8-10-17-30(26)42(32)23-6-4-2/h7-21,24,43,45H,3-6,22-23H2,1-2H3. The van der Waals surface area contributed by atoms with Crippen LogP contribution in [0.5, 0.6) is 0 Å². The fourth-order valence-corrected chi connectivity index (χ4v) is 6.72. The lowest BCUT2D eigenvalue weighted by molar-refractivity contribution is -0.112. The van der Waals surface area contributed by atoms with Crippen LogP contribution in [0.1, 0.15) is 61.8 Å². The second-order valence-corrected chi connectivity index (χ2v) is 12.0. The minimum atomic E-state index is -0.242. The largest absolute Gasteiger partial charge is 0.506 e. The summed E-state index contributed by atoms with van der Waals surface area (Å²) in [5, 5.41) is 22.6. The van der Waals surface area contributed by atoms with Gasteiger partial charge in [-0.25, -0.2) is 0 Å². The Balaban J connectivity index is 1.24. The normalized spacial score (nSPS) is 20.2. The molecular formula is C40H36N2O4. The molecule has 7 rings (SSSR count). The van der Waals surface area contributed by atoms with Gasteiger partial charge in [0, 0.05) is 24.5 Å². The molecule has 230 valence electrons. The summed E-state index contributed by atoms with van der Waals surface area (Å²) >= 11 is 0. The molecule has 4 aliphatic rings. The number of carbonyl (C=O) groups excluding carboxylic acids is 2. The van der Waals surface area contributed by atoms with Crippen molar-refractivity contribution < 1.29 is 19.8 Å². The lowest BCUT2D eigenvalue weighted by Crippen LogP contribution is -2.33. The smallest absolute Gasteiger partial charge is 0.203 e. The maximum absolute atomic E-state index is 13.7. The first kappa shape index (κ1) is 29.4. The number of hydrogen-bond acceptors (Lipinski definition) is 6.